The molecule has 138 valence electrons. The van der Waals surface area contributed by atoms with E-state index in [1.54, 1.807) is 11.1 Å². The van der Waals surface area contributed by atoms with E-state index in [2.05, 4.69) is 10.3 Å². The number of rotatable bonds is 5. The highest BCUT2D eigenvalue weighted by Crippen LogP contribution is 2.28. The van der Waals surface area contributed by atoms with Gasteiger partial charge in [0.1, 0.15) is 5.76 Å². The predicted octanol–water partition coefficient (Wildman–Crippen LogP) is 2.76. The first-order valence-electron chi connectivity index (χ1n) is 8.73. The van der Waals surface area contributed by atoms with E-state index in [-0.39, 0.29) is 24.3 Å². The van der Waals surface area contributed by atoms with Crippen LogP contribution < -0.4 is 5.32 Å². The molecule has 1 atom stereocenters. The maximum atomic E-state index is 12.2. The Balaban J connectivity index is 1.62. The van der Waals surface area contributed by atoms with Crippen molar-refractivity contribution in [2.45, 2.75) is 32.1 Å². The van der Waals surface area contributed by atoms with Gasteiger partial charge in [0.2, 0.25) is 11.8 Å². The number of nitrogens with zero attached hydrogens (tertiary/aromatic N) is 2. The van der Waals surface area contributed by atoms with Crippen LogP contribution in [-0.2, 0) is 16.0 Å². The van der Waals surface area contributed by atoms with E-state index in [4.69, 9.17) is 16.0 Å². The van der Waals surface area contributed by atoms with Crippen molar-refractivity contribution < 1.29 is 14.0 Å². The van der Waals surface area contributed by atoms with Gasteiger partial charge in [-0.15, -0.1) is 0 Å². The van der Waals surface area contributed by atoms with Crippen molar-refractivity contribution in [2.24, 2.45) is 0 Å². The van der Waals surface area contributed by atoms with E-state index in [9.17, 15) is 9.59 Å². The van der Waals surface area contributed by atoms with Crippen molar-refractivity contribution >= 4 is 23.4 Å². The fourth-order valence-electron chi connectivity index (χ4n) is 3.14. The minimum Gasteiger partial charge on any atom is -0.445 e. The van der Waals surface area contributed by atoms with Gasteiger partial charge in [-0.1, -0.05) is 29.8 Å². The van der Waals surface area contributed by atoms with Crippen molar-refractivity contribution in [3.05, 3.63) is 52.7 Å². The summed E-state index contributed by atoms with van der Waals surface area (Å²) in [6.45, 7) is 2.69. The standard InChI is InChI=1S/C19H22ClN3O3/c1-13(24)21-11-18(25)23-8-4-6-15(12-23)19-22-10-16(26-19)9-14-5-2-3-7-17(14)20/h2-3,5,7,10,15H,4,6,8-9,11-12H2,1H3,(H,21,24)/t15-/m0/s1. The van der Waals surface area contributed by atoms with Gasteiger partial charge >= 0.3 is 0 Å². The lowest BCUT2D eigenvalue weighted by molar-refractivity contribution is -0.133. The SMILES string of the molecule is CC(=O)NCC(=O)N1CCC[C@H](c2ncc(Cc3ccccc3Cl)o2)C1. The molecule has 2 amide bonds. The topological polar surface area (TPSA) is 75.4 Å². The third-order valence-corrected chi connectivity index (χ3v) is 4.87. The Hall–Kier alpha value is -2.34. The largest absolute Gasteiger partial charge is 0.445 e. The third-order valence-electron chi connectivity index (χ3n) is 4.51. The third kappa shape index (κ3) is 4.64. The number of halogens is 1. The number of carbonyl (C=O) groups excluding carboxylic acids is 2. The summed E-state index contributed by atoms with van der Waals surface area (Å²) in [5.41, 5.74) is 0.993. The highest BCUT2D eigenvalue weighted by atomic mass is 35.5. The fourth-order valence-corrected chi connectivity index (χ4v) is 3.34. The molecule has 1 aliphatic heterocycles. The van der Waals surface area contributed by atoms with E-state index in [1.165, 1.54) is 6.92 Å². The molecule has 1 fully saturated rings. The van der Waals surface area contributed by atoms with Crippen LogP contribution in [0.4, 0.5) is 0 Å². The van der Waals surface area contributed by atoms with Crippen LogP contribution in [0, 0.1) is 0 Å². The van der Waals surface area contributed by atoms with Crippen LogP contribution in [0.2, 0.25) is 5.02 Å². The number of piperidine rings is 1. The smallest absolute Gasteiger partial charge is 0.241 e. The van der Waals surface area contributed by atoms with E-state index >= 15 is 0 Å². The Bertz CT molecular complexity index is 790. The first kappa shape index (κ1) is 18.5. The zero-order valence-electron chi connectivity index (χ0n) is 14.7. The lowest BCUT2D eigenvalue weighted by Crippen LogP contribution is -2.44. The summed E-state index contributed by atoms with van der Waals surface area (Å²) in [7, 11) is 0. The summed E-state index contributed by atoms with van der Waals surface area (Å²) in [6.07, 6.45) is 4.13. The van der Waals surface area contributed by atoms with Crippen LogP contribution in [0.1, 0.15) is 42.9 Å². The highest BCUT2D eigenvalue weighted by molar-refractivity contribution is 6.31. The Morgan fingerprint density at radius 1 is 1.38 bits per heavy atom. The van der Waals surface area contributed by atoms with Crippen LogP contribution in [0.3, 0.4) is 0 Å². The molecular weight excluding hydrogens is 354 g/mol. The molecule has 0 spiro atoms. The number of nitrogens with one attached hydrogen (secondary N) is 1. The molecule has 2 heterocycles. The lowest BCUT2D eigenvalue weighted by Gasteiger charge is -2.31. The average molecular weight is 376 g/mol. The summed E-state index contributed by atoms with van der Waals surface area (Å²) in [5.74, 6) is 1.21. The highest BCUT2D eigenvalue weighted by Gasteiger charge is 2.27. The van der Waals surface area contributed by atoms with Crippen molar-refractivity contribution in [1.29, 1.82) is 0 Å². The van der Waals surface area contributed by atoms with E-state index in [0.29, 0.717) is 30.4 Å². The van der Waals surface area contributed by atoms with Gasteiger partial charge in [0.05, 0.1) is 18.7 Å². The number of oxazole rings is 1. The van der Waals surface area contributed by atoms with Crippen molar-refractivity contribution in [1.82, 2.24) is 15.2 Å². The Morgan fingerprint density at radius 3 is 2.96 bits per heavy atom. The van der Waals surface area contributed by atoms with Gasteiger partial charge in [-0.25, -0.2) is 4.98 Å². The van der Waals surface area contributed by atoms with Gasteiger partial charge in [-0.2, -0.15) is 0 Å². The Morgan fingerprint density at radius 2 is 2.19 bits per heavy atom. The summed E-state index contributed by atoms with van der Waals surface area (Å²) in [5, 5.41) is 3.26. The molecule has 0 radical (unpaired) electrons. The van der Waals surface area contributed by atoms with Crippen LogP contribution in [0.25, 0.3) is 0 Å². The number of benzene rings is 1. The molecule has 7 heteroatoms. The van der Waals surface area contributed by atoms with Crippen molar-refractivity contribution in [3.63, 3.8) is 0 Å². The minimum atomic E-state index is -0.205. The zero-order valence-corrected chi connectivity index (χ0v) is 15.5. The van der Waals surface area contributed by atoms with E-state index in [0.717, 1.165) is 24.2 Å². The number of amides is 2. The van der Waals surface area contributed by atoms with Gasteiger partial charge in [-0.05, 0) is 24.5 Å². The molecular formula is C19H22ClN3O3. The number of hydrogen-bond acceptors (Lipinski definition) is 4. The second-order valence-electron chi connectivity index (χ2n) is 6.52. The molecule has 6 nitrogen and oxygen atoms in total. The van der Waals surface area contributed by atoms with Crippen LogP contribution in [0.5, 0.6) is 0 Å². The molecule has 1 aromatic carbocycles. The predicted molar refractivity (Wildman–Crippen MR) is 98.0 cm³/mol. The summed E-state index contributed by atoms with van der Waals surface area (Å²) in [4.78, 5) is 29.4. The summed E-state index contributed by atoms with van der Waals surface area (Å²) in [6, 6.07) is 7.66. The van der Waals surface area contributed by atoms with Gasteiger partial charge in [0.15, 0.2) is 5.89 Å². The van der Waals surface area contributed by atoms with Gasteiger partial charge < -0.3 is 14.6 Å². The molecule has 1 aromatic heterocycles. The molecule has 0 aliphatic carbocycles. The number of likely N-dealkylation sites (tertiary alicyclic amines) is 1. The maximum Gasteiger partial charge on any atom is 0.241 e. The van der Waals surface area contributed by atoms with Crippen molar-refractivity contribution in [3.8, 4) is 0 Å². The second-order valence-corrected chi connectivity index (χ2v) is 6.93. The first-order valence-corrected chi connectivity index (χ1v) is 9.11. The van der Waals surface area contributed by atoms with E-state index in [1.807, 2.05) is 24.3 Å². The molecule has 0 saturated carbocycles. The minimum absolute atomic E-state index is 0.0331. The molecule has 1 saturated heterocycles. The first-order chi connectivity index (χ1) is 12.5. The maximum absolute atomic E-state index is 12.2. The van der Waals surface area contributed by atoms with Gasteiger partial charge in [-0.3, -0.25) is 9.59 Å². The molecule has 26 heavy (non-hydrogen) atoms. The molecule has 3 rings (SSSR count). The van der Waals surface area contributed by atoms with Crippen LogP contribution >= 0.6 is 11.6 Å². The molecule has 0 bridgehead atoms. The normalized spacial score (nSPS) is 17.2. The summed E-state index contributed by atoms with van der Waals surface area (Å²) < 4.78 is 5.93. The molecule has 2 aromatic rings. The number of aromatic nitrogens is 1. The van der Waals surface area contributed by atoms with E-state index < -0.39 is 0 Å². The van der Waals surface area contributed by atoms with Gasteiger partial charge in [0.25, 0.3) is 0 Å². The van der Waals surface area contributed by atoms with Crippen LogP contribution in [-0.4, -0.2) is 41.3 Å². The number of hydrogen-bond donors (Lipinski definition) is 1. The number of carbonyl (C=O) groups is 2. The monoisotopic (exact) mass is 375 g/mol. The molecule has 1 aliphatic rings. The quantitative estimate of drug-likeness (QED) is 0.871. The Labute approximate surface area is 157 Å². The van der Waals surface area contributed by atoms with Crippen LogP contribution in [0.15, 0.2) is 34.9 Å². The second kappa shape index (κ2) is 8.36. The molecule has 1 N–H and O–H groups in total. The lowest BCUT2D eigenvalue weighted by atomic mass is 9.98. The average Bonchev–Trinajstić information content (AvgIpc) is 3.10. The van der Waals surface area contributed by atoms with Crippen molar-refractivity contribution in [2.75, 3.05) is 19.6 Å². The summed E-state index contributed by atoms with van der Waals surface area (Å²) >= 11 is 6.20. The molecule has 0 unspecified atom stereocenters. The van der Waals surface area contributed by atoms with Gasteiger partial charge in [0, 0.05) is 31.5 Å². The Kier molecular flexibility index (Phi) is 5.93. The fraction of sp³-hybridized carbons (Fsp3) is 0.421. The zero-order chi connectivity index (χ0) is 18.5.